The molecule has 2 aromatic rings. The van der Waals surface area contributed by atoms with Gasteiger partial charge in [0, 0.05) is 19.1 Å². The van der Waals surface area contributed by atoms with Crippen LogP contribution in [0.5, 0.6) is 0 Å². The molecule has 0 aliphatic heterocycles. The fraction of sp³-hybridized carbons (Fsp3) is 0.500. The zero-order valence-electron chi connectivity index (χ0n) is 11.6. The van der Waals surface area contributed by atoms with E-state index in [2.05, 4.69) is 35.3 Å². The molecule has 0 spiro atoms. The highest BCUT2D eigenvalue weighted by Gasteiger charge is 2.10. The van der Waals surface area contributed by atoms with Crippen LogP contribution in [0.15, 0.2) is 18.2 Å². The van der Waals surface area contributed by atoms with E-state index in [-0.39, 0.29) is 0 Å². The van der Waals surface area contributed by atoms with Crippen LogP contribution in [0.1, 0.15) is 20.3 Å². The normalized spacial score (nSPS) is 13.3. The molecule has 0 saturated heterocycles. The molecular formula is C14H20ClN3S. The van der Waals surface area contributed by atoms with E-state index in [1.807, 2.05) is 18.2 Å². The number of H-pyrrole nitrogens is 1. The fourth-order valence-corrected chi connectivity index (χ4v) is 2.75. The molecule has 0 saturated carbocycles. The van der Waals surface area contributed by atoms with E-state index in [9.17, 15) is 0 Å². The number of aromatic amines is 1. The van der Waals surface area contributed by atoms with Crippen LogP contribution in [-0.4, -0.2) is 34.1 Å². The van der Waals surface area contributed by atoms with Gasteiger partial charge in [0.15, 0.2) is 4.77 Å². The highest BCUT2D eigenvalue weighted by atomic mass is 35.5. The van der Waals surface area contributed by atoms with Gasteiger partial charge in [-0.25, -0.2) is 0 Å². The molecule has 0 amide bonds. The Morgan fingerprint density at radius 1 is 1.47 bits per heavy atom. The molecule has 2 rings (SSSR count). The Morgan fingerprint density at radius 2 is 2.21 bits per heavy atom. The number of likely N-dealkylation sites (N-methyl/N-ethyl adjacent to an activating group) is 1. The Labute approximate surface area is 124 Å². The minimum atomic E-state index is 0.579. The van der Waals surface area contributed by atoms with E-state index >= 15 is 0 Å². The first-order valence-electron chi connectivity index (χ1n) is 6.61. The van der Waals surface area contributed by atoms with Crippen LogP contribution >= 0.6 is 23.8 Å². The van der Waals surface area contributed by atoms with E-state index in [1.165, 1.54) is 0 Å². The maximum Gasteiger partial charge on any atom is 0.178 e. The molecule has 0 aliphatic rings. The van der Waals surface area contributed by atoms with Crippen molar-refractivity contribution in [2.24, 2.45) is 0 Å². The number of nitrogens with zero attached hydrogens (tertiary/aromatic N) is 2. The molecule has 104 valence electrons. The van der Waals surface area contributed by atoms with Crippen LogP contribution in [0.2, 0.25) is 5.02 Å². The number of aromatic nitrogens is 2. The number of hydrogen-bond acceptors (Lipinski definition) is 2. The number of halogens is 1. The first-order valence-corrected chi connectivity index (χ1v) is 7.40. The lowest BCUT2D eigenvalue weighted by molar-refractivity contribution is 0.243. The summed E-state index contributed by atoms with van der Waals surface area (Å²) in [5, 5.41) is 0.746. The van der Waals surface area contributed by atoms with Crippen molar-refractivity contribution in [2.75, 3.05) is 13.6 Å². The molecule has 1 N–H and O–H groups in total. The van der Waals surface area contributed by atoms with Gasteiger partial charge >= 0.3 is 0 Å². The van der Waals surface area contributed by atoms with Gasteiger partial charge < -0.3 is 14.5 Å². The van der Waals surface area contributed by atoms with Gasteiger partial charge in [0.05, 0.1) is 16.1 Å². The Balaban J connectivity index is 2.26. The predicted octanol–water partition coefficient (Wildman–Crippen LogP) is 4.08. The monoisotopic (exact) mass is 297 g/mol. The van der Waals surface area contributed by atoms with E-state index in [4.69, 9.17) is 23.8 Å². The second kappa shape index (κ2) is 6.07. The zero-order chi connectivity index (χ0) is 14.0. The smallest absolute Gasteiger partial charge is 0.178 e. The van der Waals surface area contributed by atoms with Gasteiger partial charge in [-0.3, -0.25) is 0 Å². The standard InChI is InChI=1S/C14H20ClN3S/c1-4-10(2)17(3)8-9-18-13-11(15)6-5-7-12(13)16-14(18)19/h5-7,10H,4,8-9H2,1-3H3,(H,16,19). The van der Waals surface area contributed by atoms with Crippen molar-refractivity contribution in [2.45, 2.75) is 32.9 Å². The van der Waals surface area contributed by atoms with Crippen LogP contribution in [0.3, 0.4) is 0 Å². The third-order valence-corrected chi connectivity index (χ3v) is 4.39. The predicted molar refractivity (Wildman–Crippen MR) is 84.5 cm³/mol. The lowest BCUT2D eigenvalue weighted by Gasteiger charge is -2.23. The molecular weight excluding hydrogens is 278 g/mol. The van der Waals surface area contributed by atoms with Crippen LogP contribution in [0.4, 0.5) is 0 Å². The van der Waals surface area contributed by atoms with Gasteiger partial charge in [-0.2, -0.15) is 0 Å². The van der Waals surface area contributed by atoms with Crippen molar-refractivity contribution in [1.82, 2.24) is 14.5 Å². The maximum atomic E-state index is 6.28. The third kappa shape index (κ3) is 3.02. The van der Waals surface area contributed by atoms with Gasteiger partial charge in [0.25, 0.3) is 0 Å². The molecule has 0 aliphatic carbocycles. The van der Waals surface area contributed by atoms with Crippen molar-refractivity contribution >= 4 is 34.9 Å². The number of rotatable bonds is 5. The number of hydrogen-bond donors (Lipinski definition) is 1. The SMILES string of the molecule is CCC(C)N(C)CCn1c(=S)[nH]c2cccc(Cl)c21. The van der Waals surface area contributed by atoms with Gasteiger partial charge in [-0.15, -0.1) is 0 Å². The molecule has 1 heterocycles. The second-order valence-electron chi connectivity index (χ2n) is 4.96. The lowest BCUT2D eigenvalue weighted by atomic mass is 10.2. The number of nitrogens with one attached hydrogen (secondary N) is 1. The number of fused-ring (bicyclic) bond motifs is 1. The maximum absolute atomic E-state index is 6.28. The molecule has 0 radical (unpaired) electrons. The van der Waals surface area contributed by atoms with Gasteiger partial charge in [-0.1, -0.05) is 24.6 Å². The fourth-order valence-electron chi connectivity index (χ4n) is 2.18. The van der Waals surface area contributed by atoms with Crippen molar-refractivity contribution in [3.05, 3.63) is 28.0 Å². The van der Waals surface area contributed by atoms with Crippen molar-refractivity contribution < 1.29 is 0 Å². The molecule has 0 bridgehead atoms. The quantitative estimate of drug-likeness (QED) is 0.841. The largest absolute Gasteiger partial charge is 0.331 e. The summed E-state index contributed by atoms with van der Waals surface area (Å²) in [5.74, 6) is 0. The minimum Gasteiger partial charge on any atom is -0.331 e. The van der Waals surface area contributed by atoms with Crippen LogP contribution in [0, 0.1) is 4.77 Å². The molecule has 19 heavy (non-hydrogen) atoms. The first-order chi connectivity index (χ1) is 9.04. The molecule has 1 unspecified atom stereocenters. The van der Waals surface area contributed by atoms with Crippen LogP contribution in [-0.2, 0) is 6.54 Å². The molecule has 3 nitrogen and oxygen atoms in total. The Hall–Kier alpha value is -0.840. The second-order valence-corrected chi connectivity index (χ2v) is 5.75. The van der Waals surface area contributed by atoms with Crippen molar-refractivity contribution in [1.29, 1.82) is 0 Å². The van der Waals surface area contributed by atoms with E-state index in [0.29, 0.717) is 6.04 Å². The molecule has 1 aromatic heterocycles. The number of benzene rings is 1. The highest BCUT2D eigenvalue weighted by molar-refractivity contribution is 7.71. The van der Waals surface area contributed by atoms with Gasteiger partial charge in [0.2, 0.25) is 0 Å². The number of imidazole rings is 1. The summed E-state index contributed by atoms with van der Waals surface area (Å²) in [6.07, 6.45) is 1.15. The molecule has 0 fully saturated rings. The average molecular weight is 298 g/mol. The first kappa shape index (κ1) is 14.6. The van der Waals surface area contributed by atoms with Gasteiger partial charge in [0.1, 0.15) is 0 Å². The average Bonchev–Trinajstić information content (AvgIpc) is 2.72. The van der Waals surface area contributed by atoms with Crippen molar-refractivity contribution in [3.63, 3.8) is 0 Å². The summed E-state index contributed by atoms with van der Waals surface area (Å²) in [7, 11) is 2.15. The van der Waals surface area contributed by atoms with Crippen molar-refractivity contribution in [3.8, 4) is 0 Å². The van der Waals surface area contributed by atoms with Crippen LogP contribution < -0.4 is 0 Å². The van der Waals surface area contributed by atoms with E-state index < -0.39 is 0 Å². The van der Waals surface area contributed by atoms with Gasteiger partial charge in [-0.05, 0) is 44.7 Å². The summed E-state index contributed by atoms with van der Waals surface area (Å²) in [5.41, 5.74) is 2.01. The third-order valence-electron chi connectivity index (χ3n) is 3.76. The van der Waals surface area contributed by atoms with E-state index in [0.717, 1.165) is 40.3 Å². The number of para-hydroxylation sites is 1. The van der Waals surface area contributed by atoms with E-state index in [1.54, 1.807) is 0 Å². The molecule has 1 atom stereocenters. The summed E-state index contributed by atoms with van der Waals surface area (Å²) in [4.78, 5) is 5.55. The Bertz CT molecular complexity index is 617. The topological polar surface area (TPSA) is 24.0 Å². The molecule has 1 aromatic carbocycles. The zero-order valence-corrected chi connectivity index (χ0v) is 13.2. The molecule has 5 heteroatoms. The van der Waals surface area contributed by atoms with Crippen LogP contribution in [0.25, 0.3) is 11.0 Å². The Morgan fingerprint density at radius 3 is 2.89 bits per heavy atom. The summed E-state index contributed by atoms with van der Waals surface area (Å²) >= 11 is 11.7. The highest BCUT2D eigenvalue weighted by Crippen LogP contribution is 2.23. The summed E-state index contributed by atoms with van der Waals surface area (Å²) in [6, 6.07) is 6.42. The lowest BCUT2D eigenvalue weighted by Crippen LogP contribution is -2.31. The minimum absolute atomic E-state index is 0.579. The summed E-state index contributed by atoms with van der Waals surface area (Å²) < 4.78 is 2.83. The Kier molecular flexibility index (Phi) is 4.66. The summed E-state index contributed by atoms with van der Waals surface area (Å²) in [6.45, 7) is 6.25.